The summed E-state index contributed by atoms with van der Waals surface area (Å²) in [5.41, 5.74) is 6.49. The number of nitrogens with two attached hydrogens (primary N) is 1. The third kappa shape index (κ3) is 2.04. The van der Waals surface area contributed by atoms with Gasteiger partial charge in [0, 0.05) is 18.6 Å². The van der Waals surface area contributed by atoms with Gasteiger partial charge in [-0.2, -0.15) is 0 Å². The van der Waals surface area contributed by atoms with Gasteiger partial charge in [0.1, 0.15) is 0 Å². The van der Waals surface area contributed by atoms with E-state index in [-0.39, 0.29) is 5.54 Å². The molecular weight excluding hydrogens is 204 g/mol. The molecular formula is C12H22N2S. The standard InChI is InChI=1S/C12H22N2S/c1-12(13)8-4-3-5-10-9(12)6-7-11(15)14(10)2/h9-10H,3-8,13H2,1-2H3. The second-order valence-corrected chi connectivity index (χ2v) is 5.94. The van der Waals surface area contributed by atoms with Crippen molar-refractivity contribution in [3.05, 3.63) is 0 Å². The van der Waals surface area contributed by atoms with Crippen LogP contribution in [-0.4, -0.2) is 28.5 Å². The van der Waals surface area contributed by atoms with Crippen molar-refractivity contribution in [2.75, 3.05) is 7.05 Å². The van der Waals surface area contributed by atoms with Crippen molar-refractivity contribution in [2.24, 2.45) is 11.7 Å². The number of hydrogen-bond donors (Lipinski definition) is 1. The van der Waals surface area contributed by atoms with Crippen LogP contribution in [0.4, 0.5) is 0 Å². The summed E-state index contributed by atoms with van der Waals surface area (Å²) in [6.45, 7) is 2.23. The maximum atomic E-state index is 6.47. The third-order valence-corrected chi connectivity index (χ3v) is 4.83. The largest absolute Gasteiger partial charge is 0.366 e. The zero-order valence-corrected chi connectivity index (χ0v) is 10.6. The number of likely N-dealkylation sites (tertiary alicyclic amines) is 1. The Morgan fingerprint density at radius 1 is 1.40 bits per heavy atom. The molecule has 2 fully saturated rings. The van der Waals surface area contributed by atoms with Gasteiger partial charge < -0.3 is 10.6 Å². The summed E-state index contributed by atoms with van der Waals surface area (Å²) in [4.78, 5) is 3.45. The van der Waals surface area contributed by atoms with Crippen LogP contribution in [0.15, 0.2) is 0 Å². The Labute approximate surface area is 98.2 Å². The van der Waals surface area contributed by atoms with E-state index >= 15 is 0 Å². The monoisotopic (exact) mass is 226 g/mol. The minimum absolute atomic E-state index is 0.0193. The lowest BCUT2D eigenvalue weighted by atomic mass is 9.74. The lowest BCUT2D eigenvalue weighted by Crippen LogP contribution is -2.56. The van der Waals surface area contributed by atoms with Crippen molar-refractivity contribution in [3.8, 4) is 0 Å². The van der Waals surface area contributed by atoms with Crippen molar-refractivity contribution in [3.63, 3.8) is 0 Å². The molecule has 3 atom stereocenters. The van der Waals surface area contributed by atoms with E-state index in [0.29, 0.717) is 12.0 Å². The van der Waals surface area contributed by atoms with Crippen LogP contribution in [0.2, 0.25) is 0 Å². The van der Waals surface area contributed by atoms with Crippen LogP contribution in [-0.2, 0) is 0 Å². The van der Waals surface area contributed by atoms with Gasteiger partial charge in [-0.15, -0.1) is 0 Å². The van der Waals surface area contributed by atoms with Crippen LogP contribution in [0.25, 0.3) is 0 Å². The Bertz CT molecular complexity index is 262. The van der Waals surface area contributed by atoms with Gasteiger partial charge in [-0.05, 0) is 38.5 Å². The molecule has 1 saturated heterocycles. The van der Waals surface area contributed by atoms with Gasteiger partial charge in [0.2, 0.25) is 0 Å². The quantitative estimate of drug-likeness (QED) is 0.643. The maximum absolute atomic E-state index is 6.47. The van der Waals surface area contributed by atoms with E-state index < -0.39 is 0 Å². The summed E-state index contributed by atoms with van der Waals surface area (Å²) in [5, 5.41) is 0. The number of hydrogen-bond acceptors (Lipinski definition) is 2. The SMILES string of the molecule is CN1C(=S)CCC2C1CCCCC2(C)N. The first kappa shape index (κ1) is 11.3. The number of piperidine rings is 1. The van der Waals surface area contributed by atoms with Gasteiger partial charge >= 0.3 is 0 Å². The number of thiocarbonyl (C=S) groups is 1. The molecule has 1 aliphatic carbocycles. The molecule has 0 spiro atoms. The molecule has 2 N–H and O–H groups in total. The van der Waals surface area contributed by atoms with Crippen LogP contribution < -0.4 is 5.73 Å². The van der Waals surface area contributed by atoms with Crippen LogP contribution in [0.5, 0.6) is 0 Å². The molecule has 0 aromatic heterocycles. The van der Waals surface area contributed by atoms with Gasteiger partial charge in [-0.3, -0.25) is 0 Å². The van der Waals surface area contributed by atoms with Gasteiger partial charge in [-0.25, -0.2) is 0 Å². The smallest absolute Gasteiger partial charge is 0.0779 e. The Morgan fingerprint density at radius 2 is 2.13 bits per heavy atom. The fourth-order valence-electron chi connectivity index (χ4n) is 3.31. The fraction of sp³-hybridized carbons (Fsp3) is 0.917. The highest BCUT2D eigenvalue weighted by Gasteiger charge is 2.42. The summed E-state index contributed by atoms with van der Waals surface area (Å²) >= 11 is 5.40. The second-order valence-electron chi connectivity index (χ2n) is 5.47. The average Bonchev–Trinajstić information content (AvgIpc) is 2.32. The van der Waals surface area contributed by atoms with Crippen LogP contribution >= 0.6 is 12.2 Å². The number of rotatable bonds is 0. The van der Waals surface area contributed by atoms with E-state index in [4.69, 9.17) is 18.0 Å². The van der Waals surface area contributed by atoms with E-state index in [2.05, 4.69) is 18.9 Å². The minimum Gasteiger partial charge on any atom is -0.366 e. The Kier molecular flexibility index (Phi) is 3.04. The molecule has 0 amide bonds. The minimum atomic E-state index is 0.0193. The van der Waals surface area contributed by atoms with Crippen molar-refractivity contribution in [2.45, 2.75) is 57.0 Å². The van der Waals surface area contributed by atoms with E-state index in [1.165, 1.54) is 32.1 Å². The van der Waals surface area contributed by atoms with Gasteiger partial charge in [-0.1, -0.05) is 25.1 Å². The number of nitrogens with zero attached hydrogens (tertiary/aromatic N) is 1. The molecule has 3 unspecified atom stereocenters. The van der Waals surface area contributed by atoms with Crippen molar-refractivity contribution in [1.29, 1.82) is 0 Å². The van der Waals surface area contributed by atoms with Crippen LogP contribution in [0.1, 0.15) is 45.4 Å². The molecule has 2 nitrogen and oxygen atoms in total. The summed E-state index contributed by atoms with van der Waals surface area (Å²) in [6, 6.07) is 0.601. The third-order valence-electron chi connectivity index (χ3n) is 4.34. The zero-order valence-electron chi connectivity index (χ0n) is 9.83. The zero-order chi connectivity index (χ0) is 11.1. The first-order valence-electron chi connectivity index (χ1n) is 6.07. The van der Waals surface area contributed by atoms with Crippen molar-refractivity contribution in [1.82, 2.24) is 4.90 Å². The van der Waals surface area contributed by atoms with Crippen molar-refractivity contribution >= 4 is 17.2 Å². The van der Waals surface area contributed by atoms with E-state index in [1.807, 2.05) is 0 Å². The Hall–Kier alpha value is -0.150. The average molecular weight is 226 g/mol. The lowest BCUT2D eigenvalue weighted by Gasteiger charge is -2.46. The normalized spacial score (nSPS) is 42.3. The molecule has 1 heterocycles. The van der Waals surface area contributed by atoms with Gasteiger partial charge in [0.25, 0.3) is 0 Å². The molecule has 0 bridgehead atoms. The van der Waals surface area contributed by atoms with Crippen LogP contribution in [0, 0.1) is 5.92 Å². The molecule has 1 saturated carbocycles. The summed E-state index contributed by atoms with van der Waals surface area (Å²) in [6.07, 6.45) is 7.28. The van der Waals surface area contributed by atoms with E-state index in [0.717, 1.165) is 11.4 Å². The topological polar surface area (TPSA) is 29.3 Å². The maximum Gasteiger partial charge on any atom is 0.0779 e. The molecule has 0 aromatic rings. The summed E-state index contributed by atoms with van der Waals surface area (Å²) in [5.74, 6) is 0.636. The highest BCUT2D eigenvalue weighted by molar-refractivity contribution is 7.80. The molecule has 1 aliphatic heterocycles. The fourth-order valence-corrected chi connectivity index (χ4v) is 3.56. The second kappa shape index (κ2) is 4.02. The molecule has 2 rings (SSSR count). The highest BCUT2D eigenvalue weighted by Crippen LogP contribution is 2.39. The molecule has 15 heavy (non-hydrogen) atoms. The highest BCUT2D eigenvalue weighted by atomic mass is 32.1. The predicted octanol–water partition coefficient (Wildman–Crippen LogP) is 2.32. The predicted molar refractivity (Wildman–Crippen MR) is 67.9 cm³/mol. The van der Waals surface area contributed by atoms with Gasteiger partial charge in [0.15, 0.2) is 0 Å². The first-order valence-corrected chi connectivity index (χ1v) is 6.48. The van der Waals surface area contributed by atoms with Crippen molar-refractivity contribution < 1.29 is 0 Å². The van der Waals surface area contributed by atoms with Gasteiger partial charge in [0.05, 0.1) is 4.99 Å². The Balaban J connectivity index is 2.23. The number of fused-ring (bicyclic) bond motifs is 1. The molecule has 2 aliphatic rings. The van der Waals surface area contributed by atoms with Crippen LogP contribution in [0.3, 0.4) is 0 Å². The Morgan fingerprint density at radius 3 is 2.87 bits per heavy atom. The summed E-state index contributed by atoms with van der Waals surface area (Å²) < 4.78 is 0. The van der Waals surface area contributed by atoms with E-state index in [9.17, 15) is 0 Å². The molecule has 0 aromatic carbocycles. The molecule has 0 radical (unpaired) electrons. The first-order chi connectivity index (χ1) is 7.02. The van der Waals surface area contributed by atoms with E-state index in [1.54, 1.807) is 0 Å². The lowest BCUT2D eigenvalue weighted by molar-refractivity contribution is 0.144. The molecule has 86 valence electrons. The summed E-state index contributed by atoms with van der Waals surface area (Å²) in [7, 11) is 2.15. The molecule has 3 heteroatoms.